The maximum absolute atomic E-state index is 12.0. The van der Waals surface area contributed by atoms with Crippen molar-refractivity contribution in [1.82, 2.24) is 5.32 Å². The summed E-state index contributed by atoms with van der Waals surface area (Å²) in [6.45, 7) is 0. The Balaban J connectivity index is 2.11. The van der Waals surface area contributed by atoms with E-state index in [1.807, 2.05) is 0 Å². The van der Waals surface area contributed by atoms with Crippen LogP contribution in [-0.2, 0) is 14.6 Å². The molecular formula is C14H13N3O5S. The molecule has 1 saturated heterocycles. The monoisotopic (exact) mass is 335 g/mol. The van der Waals surface area contributed by atoms with E-state index in [4.69, 9.17) is 5.26 Å². The molecular weight excluding hydrogens is 322 g/mol. The Morgan fingerprint density at radius 2 is 2.04 bits per heavy atom. The highest BCUT2D eigenvalue weighted by atomic mass is 32.2. The van der Waals surface area contributed by atoms with Gasteiger partial charge in [0.2, 0.25) is 0 Å². The average molecular weight is 335 g/mol. The molecule has 0 unspecified atom stereocenters. The zero-order valence-electron chi connectivity index (χ0n) is 11.9. The summed E-state index contributed by atoms with van der Waals surface area (Å²) in [6, 6.07) is 6.62. The van der Waals surface area contributed by atoms with Gasteiger partial charge in [0.25, 0.3) is 11.6 Å². The number of carbonyl (C=O) groups is 1. The van der Waals surface area contributed by atoms with Gasteiger partial charge < -0.3 is 5.32 Å². The summed E-state index contributed by atoms with van der Waals surface area (Å²) in [7, 11) is -3.13. The van der Waals surface area contributed by atoms with Crippen LogP contribution in [0.1, 0.15) is 12.0 Å². The molecule has 2 rings (SSSR count). The molecule has 1 amide bonds. The van der Waals surface area contributed by atoms with E-state index in [1.54, 1.807) is 6.07 Å². The first kappa shape index (κ1) is 16.6. The fraction of sp³-hybridized carbons (Fsp3) is 0.286. The van der Waals surface area contributed by atoms with Crippen molar-refractivity contribution < 1.29 is 18.1 Å². The second-order valence-electron chi connectivity index (χ2n) is 5.09. The number of carbonyl (C=O) groups excluding carboxylic acids is 1. The van der Waals surface area contributed by atoms with Gasteiger partial charge in [0.15, 0.2) is 9.84 Å². The number of nitro groups is 1. The molecule has 23 heavy (non-hydrogen) atoms. The molecule has 8 nitrogen and oxygen atoms in total. The number of hydrogen-bond donors (Lipinski definition) is 1. The van der Waals surface area contributed by atoms with E-state index >= 15 is 0 Å². The van der Waals surface area contributed by atoms with Crippen molar-refractivity contribution in [1.29, 1.82) is 5.26 Å². The molecule has 0 aromatic heterocycles. The van der Waals surface area contributed by atoms with Crippen molar-refractivity contribution in [3.63, 3.8) is 0 Å². The van der Waals surface area contributed by atoms with Gasteiger partial charge in [-0.1, -0.05) is 0 Å². The van der Waals surface area contributed by atoms with Gasteiger partial charge in [-0.3, -0.25) is 14.9 Å². The van der Waals surface area contributed by atoms with Gasteiger partial charge in [0.1, 0.15) is 11.6 Å². The Morgan fingerprint density at radius 3 is 2.52 bits per heavy atom. The number of nitrogens with one attached hydrogen (secondary N) is 1. The van der Waals surface area contributed by atoms with Gasteiger partial charge in [-0.15, -0.1) is 0 Å². The molecule has 1 atom stereocenters. The van der Waals surface area contributed by atoms with Gasteiger partial charge in [-0.05, 0) is 30.2 Å². The van der Waals surface area contributed by atoms with Crippen LogP contribution in [-0.4, -0.2) is 36.8 Å². The van der Waals surface area contributed by atoms with E-state index in [0.717, 1.165) is 0 Å². The lowest BCUT2D eigenvalue weighted by Crippen LogP contribution is -2.36. The number of nitrogens with zero attached hydrogens (tertiary/aromatic N) is 2. The van der Waals surface area contributed by atoms with Crippen LogP contribution in [0.4, 0.5) is 5.69 Å². The highest BCUT2D eigenvalue weighted by molar-refractivity contribution is 7.91. The zero-order chi connectivity index (χ0) is 17.0. The van der Waals surface area contributed by atoms with Crippen LogP contribution in [0.3, 0.4) is 0 Å². The molecule has 1 aromatic rings. The van der Waals surface area contributed by atoms with Crippen molar-refractivity contribution in [2.75, 3.05) is 11.5 Å². The van der Waals surface area contributed by atoms with Crippen molar-refractivity contribution in [3.05, 3.63) is 45.5 Å². The largest absolute Gasteiger partial charge is 0.348 e. The van der Waals surface area contributed by atoms with Gasteiger partial charge >= 0.3 is 0 Å². The number of rotatable bonds is 4. The van der Waals surface area contributed by atoms with E-state index in [1.165, 1.54) is 30.3 Å². The van der Waals surface area contributed by atoms with E-state index in [2.05, 4.69) is 5.32 Å². The molecule has 1 aliphatic heterocycles. The molecule has 120 valence electrons. The first-order chi connectivity index (χ1) is 10.8. The van der Waals surface area contributed by atoms with Crippen molar-refractivity contribution in [2.45, 2.75) is 12.5 Å². The number of amides is 1. The molecule has 1 aromatic carbocycles. The summed E-state index contributed by atoms with van der Waals surface area (Å²) in [5, 5.41) is 22.2. The minimum Gasteiger partial charge on any atom is -0.348 e. The van der Waals surface area contributed by atoms with Crippen molar-refractivity contribution >= 4 is 27.5 Å². The summed E-state index contributed by atoms with van der Waals surface area (Å²) in [4.78, 5) is 22.0. The molecule has 9 heteroatoms. The summed E-state index contributed by atoms with van der Waals surface area (Å²) < 4.78 is 22.7. The summed E-state index contributed by atoms with van der Waals surface area (Å²) in [5.74, 6) is -0.770. The summed E-state index contributed by atoms with van der Waals surface area (Å²) in [5.41, 5.74) is 0.172. The lowest BCUT2D eigenvalue weighted by atomic mass is 10.1. The molecule has 1 N–H and O–H groups in total. The maximum Gasteiger partial charge on any atom is 0.269 e. The number of non-ortho nitro benzene ring substituents is 1. The normalized spacial score (nSPS) is 19.8. The Bertz CT molecular complexity index is 806. The topological polar surface area (TPSA) is 130 Å². The Kier molecular flexibility index (Phi) is 4.76. The van der Waals surface area contributed by atoms with Crippen molar-refractivity contribution in [2.24, 2.45) is 0 Å². The number of nitriles is 1. The third-order valence-corrected chi connectivity index (χ3v) is 5.12. The van der Waals surface area contributed by atoms with Crippen LogP contribution in [0, 0.1) is 21.4 Å². The van der Waals surface area contributed by atoms with E-state index in [9.17, 15) is 23.3 Å². The van der Waals surface area contributed by atoms with Crippen LogP contribution < -0.4 is 5.32 Å². The van der Waals surface area contributed by atoms with Gasteiger partial charge in [0.05, 0.1) is 16.4 Å². The minimum absolute atomic E-state index is 0.0197. The SMILES string of the molecule is N#C/C(=C\c1ccc([N+](=O)[O-])cc1)C(=O)N[C@H]1CCS(=O)(=O)C1. The number of hydrogen-bond acceptors (Lipinski definition) is 6. The Hall–Kier alpha value is -2.73. The fourth-order valence-electron chi connectivity index (χ4n) is 2.18. The molecule has 0 spiro atoms. The summed E-state index contributed by atoms with van der Waals surface area (Å²) in [6.07, 6.45) is 1.62. The number of nitro benzene ring substituents is 1. The van der Waals surface area contributed by atoms with Crippen LogP contribution in [0.25, 0.3) is 6.08 Å². The summed E-state index contributed by atoms with van der Waals surface area (Å²) >= 11 is 0. The minimum atomic E-state index is -3.13. The molecule has 1 fully saturated rings. The van der Waals surface area contributed by atoms with Gasteiger partial charge in [-0.2, -0.15) is 5.26 Å². The van der Waals surface area contributed by atoms with Crippen LogP contribution in [0.2, 0.25) is 0 Å². The first-order valence-corrected chi connectivity index (χ1v) is 8.50. The first-order valence-electron chi connectivity index (χ1n) is 6.68. The standard InChI is InChI=1S/C14H13N3O5S/c15-8-11(7-10-1-3-13(4-2-10)17(19)20)14(18)16-12-5-6-23(21,22)9-12/h1-4,7,12H,5-6,9H2,(H,16,18)/b11-7+/t12-/m0/s1. The number of sulfone groups is 1. The van der Waals surface area contributed by atoms with Gasteiger partial charge in [-0.25, -0.2) is 8.42 Å². The van der Waals surface area contributed by atoms with Crippen molar-refractivity contribution in [3.8, 4) is 6.07 Å². The highest BCUT2D eigenvalue weighted by Crippen LogP contribution is 2.15. The molecule has 0 aliphatic carbocycles. The van der Waals surface area contributed by atoms with E-state index < -0.39 is 26.7 Å². The smallest absolute Gasteiger partial charge is 0.269 e. The molecule has 1 aliphatic rings. The highest BCUT2D eigenvalue weighted by Gasteiger charge is 2.29. The third kappa shape index (κ3) is 4.37. The maximum atomic E-state index is 12.0. The molecule has 0 radical (unpaired) electrons. The lowest BCUT2D eigenvalue weighted by Gasteiger charge is -2.09. The second kappa shape index (κ2) is 6.58. The van der Waals surface area contributed by atoms with Crippen LogP contribution >= 0.6 is 0 Å². The quantitative estimate of drug-likeness (QED) is 0.375. The molecule has 0 bridgehead atoms. The zero-order valence-corrected chi connectivity index (χ0v) is 12.7. The molecule has 1 heterocycles. The number of benzene rings is 1. The third-order valence-electron chi connectivity index (χ3n) is 3.35. The average Bonchev–Trinajstić information content (AvgIpc) is 2.83. The lowest BCUT2D eigenvalue weighted by molar-refractivity contribution is -0.384. The second-order valence-corrected chi connectivity index (χ2v) is 7.32. The predicted molar refractivity (Wildman–Crippen MR) is 81.9 cm³/mol. The van der Waals surface area contributed by atoms with Gasteiger partial charge in [0, 0.05) is 18.2 Å². The Morgan fingerprint density at radius 1 is 1.39 bits per heavy atom. The molecule has 0 saturated carbocycles. The van der Waals surface area contributed by atoms with Crippen LogP contribution in [0.15, 0.2) is 29.8 Å². The predicted octanol–water partition coefficient (Wildman–Crippen LogP) is 0.805. The van der Waals surface area contributed by atoms with Crippen LogP contribution in [0.5, 0.6) is 0 Å². The Labute approximate surface area is 132 Å². The fourth-order valence-corrected chi connectivity index (χ4v) is 3.85. The van der Waals surface area contributed by atoms with E-state index in [0.29, 0.717) is 12.0 Å². The van der Waals surface area contributed by atoms with E-state index in [-0.39, 0.29) is 22.8 Å².